The van der Waals surface area contributed by atoms with Crippen molar-refractivity contribution in [2.45, 2.75) is 77.1 Å². The lowest BCUT2D eigenvalue weighted by Gasteiger charge is -2.33. The monoisotopic (exact) mass is 426 g/mol. The minimum Gasteiger partial charge on any atom is -0.483 e. The van der Waals surface area contributed by atoms with E-state index in [4.69, 9.17) is 4.74 Å². The molecule has 1 saturated heterocycles. The van der Waals surface area contributed by atoms with Gasteiger partial charge in [-0.3, -0.25) is 10.2 Å². The molecule has 0 spiro atoms. The number of hydrazine groups is 1. The van der Waals surface area contributed by atoms with Gasteiger partial charge in [-0.2, -0.15) is 13.2 Å². The maximum Gasteiger partial charge on any atom is 0.438 e. The van der Waals surface area contributed by atoms with Crippen LogP contribution in [0.1, 0.15) is 69.4 Å². The van der Waals surface area contributed by atoms with E-state index in [0.29, 0.717) is 29.3 Å². The average Bonchev–Trinajstić information content (AvgIpc) is 3.05. The van der Waals surface area contributed by atoms with Gasteiger partial charge in [0.05, 0.1) is 0 Å². The number of nitrogens with zero attached hydrogens (tertiary/aromatic N) is 1. The van der Waals surface area contributed by atoms with E-state index in [-0.39, 0.29) is 5.92 Å². The normalized spacial score (nSPS) is 22.5. The smallest absolute Gasteiger partial charge is 0.438 e. The number of hydrogen-bond donors (Lipinski definition) is 2. The van der Waals surface area contributed by atoms with Crippen LogP contribution in [0, 0.1) is 6.92 Å². The first-order chi connectivity index (χ1) is 14.0. The molecule has 0 aromatic heterocycles. The third-order valence-corrected chi connectivity index (χ3v) is 5.77. The second-order valence-electron chi connectivity index (χ2n) is 8.46. The number of ether oxygens (including phenoxy) is 1. The van der Waals surface area contributed by atoms with E-state index < -0.39 is 30.8 Å². The quantitative estimate of drug-likeness (QED) is 0.733. The van der Waals surface area contributed by atoms with Crippen LogP contribution < -0.4 is 10.2 Å². The van der Waals surface area contributed by atoms with Crippen molar-refractivity contribution in [2.75, 3.05) is 6.61 Å². The third kappa shape index (κ3) is 4.43. The van der Waals surface area contributed by atoms with E-state index in [9.17, 15) is 23.1 Å². The molecule has 2 aliphatic rings. The van der Waals surface area contributed by atoms with E-state index in [1.807, 2.05) is 32.9 Å². The summed E-state index contributed by atoms with van der Waals surface area (Å²) < 4.78 is 46.8. The van der Waals surface area contributed by atoms with Crippen molar-refractivity contribution < 1.29 is 27.8 Å². The van der Waals surface area contributed by atoms with Gasteiger partial charge in [0, 0.05) is 12.1 Å². The van der Waals surface area contributed by atoms with Gasteiger partial charge in [0.25, 0.3) is 11.6 Å². The molecular weight excluding hydrogens is 397 g/mol. The molecule has 2 fully saturated rings. The Hall–Kier alpha value is -2.22. The van der Waals surface area contributed by atoms with Crippen LogP contribution in [0.25, 0.3) is 0 Å². The molecule has 1 aromatic carbocycles. The van der Waals surface area contributed by atoms with E-state index in [1.165, 1.54) is 0 Å². The summed E-state index contributed by atoms with van der Waals surface area (Å²) in [5.41, 5.74) is 2.18. The van der Waals surface area contributed by atoms with Crippen molar-refractivity contribution >= 4 is 5.91 Å². The minimum atomic E-state index is -5.00. The molecule has 0 radical (unpaired) electrons. The molecule has 1 atom stereocenters. The zero-order chi connectivity index (χ0) is 22.1. The van der Waals surface area contributed by atoms with Gasteiger partial charge in [-0.1, -0.05) is 32.4 Å². The first-order valence-electron chi connectivity index (χ1n) is 10.4. The molecular formula is C22H29F3N2O3. The van der Waals surface area contributed by atoms with Crippen molar-refractivity contribution in [1.29, 1.82) is 0 Å². The molecule has 166 valence electrons. The fourth-order valence-electron chi connectivity index (χ4n) is 4.02. The van der Waals surface area contributed by atoms with Crippen LogP contribution >= 0.6 is 0 Å². The van der Waals surface area contributed by atoms with Crippen molar-refractivity contribution in [2.24, 2.45) is 0 Å². The van der Waals surface area contributed by atoms with Gasteiger partial charge in [-0.15, -0.1) is 0 Å². The highest BCUT2D eigenvalue weighted by molar-refractivity contribution is 5.79. The maximum atomic E-state index is 13.7. The number of nitrogens with one attached hydrogen (secondary N) is 1. The Morgan fingerprint density at radius 3 is 2.53 bits per heavy atom. The van der Waals surface area contributed by atoms with Gasteiger partial charge in [-0.05, 0) is 61.3 Å². The molecule has 1 heterocycles. The fourth-order valence-corrected chi connectivity index (χ4v) is 4.02. The van der Waals surface area contributed by atoms with Gasteiger partial charge < -0.3 is 9.84 Å². The summed E-state index contributed by atoms with van der Waals surface area (Å²) in [6, 6.07) is 5.55. The number of aryl methyl sites for hydroxylation is 1. The summed E-state index contributed by atoms with van der Waals surface area (Å²) in [7, 11) is 0. The molecule has 1 aromatic rings. The predicted molar refractivity (Wildman–Crippen MR) is 106 cm³/mol. The molecule has 5 nitrogen and oxygen atoms in total. The van der Waals surface area contributed by atoms with Crippen LogP contribution in [0.15, 0.2) is 29.5 Å². The zero-order valence-corrected chi connectivity index (χ0v) is 17.6. The Kier molecular flexibility index (Phi) is 6.36. The largest absolute Gasteiger partial charge is 0.483 e. The number of carbonyl (C=O) groups excluding carboxylic acids is 1. The minimum absolute atomic E-state index is 0.121. The summed E-state index contributed by atoms with van der Waals surface area (Å²) in [4.78, 5) is 12.7. The van der Waals surface area contributed by atoms with Crippen molar-refractivity contribution in [3.63, 3.8) is 0 Å². The summed E-state index contributed by atoms with van der Waals surface area (Å²) in [5, 5.41) is 10.8. The molecule has 8 heteroatoms. The summed E-state index contributed by atoms with van der Waals surface area (Å²) >= 11 is 0. The Labute approximate surface area is 174 Å². The topological polar surface area (TPSA) is 61.8 Å². The lowest BCUT2D eigenvalue weighted by molar-refractivity contribution is -0.304. The lowest BCUT2D eigenvalue weighted by Crippen LogP contribution is -2.60. The summed E-state index contributed by atoms with van der Waals surface area (Å²) in [6.07, 6.45) is -1.50. The molecule has 1 amide bonds. The van der Waals surface area contributed by atoms with Crippen LogP contribution in [-0.2, 0) is 4.79 Å². The van der Waals surface area contributed by atoms with E-state index in [1.54, 1.807) is 6.07 Å². The van der Waals surface area contributed by atoms with Crippen molar-refractivity contribution in [3.05, 3.63) is 40.6 Å². The van der Waals surface area contributed by atoms with E-state index >= 15 is 0 Å². The Bertz CT molecular complexity index is 827. The number of hydrogen-bond acceptors (Lipinski definition) is 4. The maximum absolute atomic E-state index is 13.7. The zero-order valence-electron chi connectivity index (χ0n) is 17.6. The molecule has 2 N–H and O–H groups in total. The molecule has 0 unspecified atom stereocenters. The number of benzene rings is 1. The second-order valence-corrected chi connectivity index (χ2v) is 8.46. The molecule has 1 aliphatic heterocycles. The van der Waals surface area contributed by atoms with Crippen LogP contribution in [0.4, 0.5) is 13.2 Å². The summed E-state index contributed by atoms with van der Waals surface area (Å²) in [5.74, 6) is -0.397. The number of halogens is 3. The lowest BCUT2D eigenvalue weighted by atomic mass is 9.91. The fraction of sp³-hybridized carbons (Fsp3) is 0.591. The molecule has 1 aliphatic carbocycles. The number of carbonyl (C=O) groups is 1. The predicted octanol–water partition coefficient (Wildman–Crippen LogP) is 4.70. The SMILES string of the molecule is Cc1ccc(C(C)C)c(OCC(=O)N2NC(=C3CCCCC3)C[C@@]2(O)C(F)(F)F)c1. The second kappa shape index (κ2) is 8.49. The highest BCUT2D eigenvalue weighted by Gasteiger charge is 2.63. The van der Waals surface area contributed by atoms with Gasteiger partial charge in [0.2, 0.25) is 0 Å². The number of amides is 1. The number of aliphatic hydroxyl groups is 1. The Morgan fingerprint density at radius 1 is 1.27 bits per heavy atom. The molecule has 1 saturated carbocycles. The highest BCUT2D eigenvalue weighted by Crippen LogP contribution is 2.43. The molecule has 0 bridgehead atoms. The standard InChI is InChI=1S/C22H29F3N2O3/c1-14(2)17-10-9-15(3)11-19(17)30-13-20(28)27-21(29,22(23,24)25)12-18(26-27)16-7-5-4-6-8-16/h9-11,14,26,29H,4-8,12-13H2,1-3H3/t21-/m1/s1. The van der Waals surface area contributed by atoms with Crippen LogP contribution in [-0.4, -0.2) is 34.5 Å². The van der Waals surface area contributed by atoms with E-state index in [2.05, 4.69) is 5.43 Å². The van der Waals surface area contributed by atoms with Crippen molar-refractivity contribution in [3.8, 4) is 5.75 Å². The number of alkyl halides is 3. The highest BCUT2D eigenvalue weighted by atomic mass is 19.4. The average molecular weight is 426 g/mol. The number of allylic oxidation sites excluding steroid dienone is 1. The molecule has 3 rings (SSSR count). The molecule has 30 heavy (non-hydrogen) atoms. The van der Waals surface area contributed by atoms with Gasteiger partial charge in [0.15, 0.2) is 6.61 Å². The first kappa shape index (κ1) is 22.5. The van der Waals surface area contributed by atoms with Crippen LogP contribution in [0.2, 0.25) is 0 Å². The first-order valence-corrected chi connectivity index (χ1v) is 10.4. The van der Waals surface area contributed by atoms with Crippen LogP contribution in [0.3, 0.4) is 0 Å². The van der Waals surface area contributed by atoms with E-state index in [0.717, 1.165) is 36.0 Å². The Morgan fingerprint density at radius 2 is 1.93 bits per heavy atom. The number of rotatable bonds is 4. The van der Waals surface area contributed by atoms with Gasteiger partial charge in [-0.25, -0.2) is 5.01 Å². The summed E-state index contributed by atoms with van der Waals surface area (Å²) in [6.45, 7) is 5.18. The van der Waals surface area contributed by atoms with Gasteiger partial charge in [0.1, 0.15) is 5.75 Å². The van der Waals surface area contributed by atoms with Crippen LogP contribution in [0.5, 0.6) is 5.75 Å². The third-order valence-electron chi connectivity index (χ3n) is 5.77. The van der Waals surface area contributed by atoms with Crippen molar-refractivity contribution in [1.82, 2.24) is 10.4 Å². The van der Waals surface area contributed by atoms with Gasteiger partial charge >= 0.3 is 6.18 Å². The Balaban J connectivity index is 1.82.